The van der Waals surface area contributed by atoms with Gasteiger partial charge in [0.05, 0.1) is 23.1 Å². The first-order chi connectivity index (χ1) is 14.6. The summed E-state index contributed by atoms with van der Waals surface area (Å²) < 4.78 is 0. The lowest BCUT2D eigenvalue weighted by Gasteiger charge is -2.45. The van der Waals surface area contributed by atoms with Gasteiger partial charge in [0.1, 0.15) is 6.07 Å². The van der Waals surface area contributed by atoms with Crippen LogP contribution in [-0.2, 0) is 9.59 Å². The number of halogens is 1. The van der Waals surface area contributed by atoms with Crippen LogP contribution in [0.5, 0.6) is 0 Å². The van der Waals surface area contributed by atoms with Crippen LogP contribution in [0.25, 0.3) is 0 Å². The highest BCUT2D eigenvalue weighted by Gasteiger charge is 2.61. The van der Waals surface area contributed by atoms with Crippen LogP contribution in [0.1, 0.15) is 39.7 Å². The summed E-state index contributed by atoms with van der Waals surface area (Å²) in [6.45, 7) is 0. The molecule has 3 aliphatic carbocycles. The van der Waals surface area contributed by atoms with E-state index in [1.807, 2.05) is 24.3 Å². The molecule has 3 aromatic carbocycles. The number of nitrogens with zero attached hydrogens (tertiary/aromatic N) is 2. The van der Waals surface area contributed by atoms with Crippen molar-refractivity contribution in [2.45, 2.75) is 11.8 Å². The smallest absolute Gasteiger partial charge is 0.238 e. The number of imide groups is 1. The predicted molar refractivity (Wildman–Crippen MR) is 112 cm³/mol. The van der Waals surface area contributed by atoms with Crippen LogP contribution in [-0.4, -0.2) is 11.8 Å². The maximum atomic E-state index is 13.7. The number of amides is 2. The Bertz CT molecular complexity index is 1190. The highest BCUT2D eigenvalue weighted by molar-refractivity contribution is 6.31. The van der Waals surface area contributed by atoms with E-state index in [4.69, 9.17) is 11.6 Å². The van der Waals surface area contributed by atoms with Crippen molar-refractivity contribution in [3.8, 4) is 6.07 Å². The summed E-state index contributed by atoms with van der Waals surface area (Å²) in [5.74, 6) is -1.78. The van der Waals surface area contributed by atoms with Gasteiger partial charge in [-0.25, -0.2) is 4.90 Å². The van der Waals surface area contributed by atoms with Gasteiger partial charge in [0.15, 0.2) is 0 Å². The molecule has 5 heteroatoms. The van der Waals surface area contributed by atoms with Crippen LogP contribution >= 0.6 is 11.6 Å². The van der Waals surface area contributed by atoms with Gasteiger partial charge in [-0.2, -0.15) is 5.26 Å². The zero-order valence-electron chi connectivity index (χ0n) is 15.7. The number of carbonyl (C=O) groups is 2. The second-order valence-corrected chi connectivity index (χ2v) is 8.49. The lowest BCUT2D eigenvalue weighted by atomic mass is 9.55. The Labute approximate surface area is 178 Å². The molecule has 0 aromatic heterocycles. The van der Waals surface area contributed by atoms with E-state index in [9.17, 15) is 14.9 Å². The van der Waals surface area contributed by atoms with Gasteiger partial charge in [-0.15, -0.1) is 0 Å². The second-order valence-electron chi connectivity index (χ2n) is 8.05. The van der Waals surface area contributed by atoms with Crippen LogP contribution in [0.3, 0.4) is 0 Å². The summed E-state index contributed by atoms with van der Waals surface area (Å²) in [6.07, 6.45) is 0. The van der Waals surface area contributed by atoms with E-state index in [1.165, 1.54) is 11.0 Å². The molecule has 1 fully saturated rings. The van der Waals surface area contributed by atoms with Gasteiger partial charge in [0.2, 0.25) is 11.8 Å². The highest BCUT2D eigenvalue weighted by Crippen LogP contribution is 2.61. The van der Waals surface area contributed by atoms with Gasteiger partial charge in [0, 0.05) is 16.9 Å². The molecule has 0 unspecified atom stereocenters. The Morgan fingerprint density at radius 2 is 1.23 bits per heavy atom. The summed E-state index contributed by atoms with van der Waals surface area (Å²) in [5.41, 5.74) is 5.03. The Balaban J connectivity index is 1.59. The molecule has 144 valence electrons. The monoisotopic (exact) mass is 410 g/mol. The first-order valence-electron chi connectivity index (χ1n) is 9.87. The van der Waals surface area contributed by atoms with Crippen molar-refractivity contribution in [1.82, 2.24) is 0 Å². The zero-order valence-corrected chi connectivity index (χ0v) is 16.5. The van der Waals surface area contributed by atoms with E-state index >= 15 is 0 Å². The second kappa shape index (κ2) is 6.04. The lowest BCUT2D eigenvalue weighted by Crippen LogP contribution is -2.41. The molecule has 0 N–H and O–H groups in total. The molecule has 4 aliphatic rings. The average Bonchev–Trinajstić information content (AvgIpc) is 3.04. The fourth-order valence-corrected chi connectivity index (χ4v) is 5.87. The molecule has 30 heavy (non-hydrogen) atoms. The molecule has 2 amide bonds. The van der Waals surface area contributed by atoms with Gasteiger partial charge in [-0.1, -0.05) is 60.1 Å². The molecule has 2 bridgehead atoms. The SMILES string of the molecule is N#Cc1ccc(Cl)cc1N1C(=O)[C@H]2C3c4ccccc4C(c4ccccc43)[C@@H]2C1=O. The standard InChI is InChI=1S/C25H15ClN2O2/c26-14-10-9-13(12-27)19(11-14)28-24(29)22-20-15-5-1-2-6-16(15)21(23(22)25(28)30)18-8-4-3-7-17(18)20/h1-11,20-23H/t20?,21?,22-,23-/m0/s1. The third kappa shape index (κ3) is 2.05. The van der Waals surface area contributed by atoms with Crippen molar-refractivity contribution in [3.05, 3.63) is 99.6 Å². The molecule has 1 heterocycles. The minimum Gasteiger partial charge on any atom is -0.274 e. The fraction of sp³-hybridized carbons (Fsp3) is 0.160. The Morgan fingerprint density at radius 3 is 1.67 bits per heavy atom. The quantitative estimate of drug-likeness (QED) is 0.550. The number of carbonyl (C=O) groups excluding carboxylic acids is 2. The maximum Gasteiger partial charge on any atom is 0.238 e. The topological polar surface area (TPSA) is 61.2 Å². The Morgan fingerprint density at radius 1 is 0.767 bits per heavy atom. The number of rotatable bonds is 1. The summed E-state index contributed by atoms with van der Waals surface area (Å²) in [4.78, 5) is 28.6. The van der Waals surface area contributed by atoms with E-state index in [1.54, 1.807) is 12.1 Å². The molecule has 1 saturated heterocycles. The van der Waals surface area contributed by atoms with Gasteiger partial charge < -0.3 is 0 Å². The highest BCUT2D eigenvalue weighted by atomic mass is 35.5. The minimum absolute atomic E-state index is 0.168. The Hall–Kier alpha value is -3.42. The van der Waals surface area contributed by atoms with Gasteiger partial charge >= 0.3 is 0 Å². The summed E-state index contributed by atoms with van der Waals surface area (Å²) in [5, 5.41) is 9.94. The van der Waals surface area contributed by atoms with E-state index < -0.39 is 11.8 Å². The fourth-order valence-electron chi connectivity index (χ4n) is 5.70. The van der Waals surface area contributed by atoms with E-state index in [2.05, 4.69) is 30.3 Å². The largest absolute Gasteiger partial charge is 0.274 e. The molecular formula is C25H15ClN2O2. The van der Waals surface area contributed by atoms with E-state index in [0.29, 0.717) is 5.02 Å². The van der Waals surface area contributed by atoms with Crippen molar-refractivity contribution >= 4 is 29.1 Å². The molecule has 0 spiro atoms. The molecule has 1 aliphatic heterocycles. The normalized spacial score (nSPS) is 25.5. The van der Waals surface area contributed by atoms with Crippen LogP contribution < -0.4 is 4.90 Å². The Kier molecular flexibility index (Phi) is 3.51. The summed E-state index contributed by atoms with van der Waals surface area (Å²) in [7, 11) is 0. The van der Waals surface area contributed by atoms with Crippen LogP contribution in [0.2, 0.25) is 5.02 Å². The predicted octanol–water partition coefficient (Wildman–Crippen LogP) is 4.61. The maximum absolute atomic E-state index is 13.7. The molecular weight excluding hydrogens is 396 g/mol. The van der Waals surface area contributed by atoms with E-state index in [-0.39, 0.29) is 34.9 Å². The first kappa shape index (κ1) is 17.4. The van der Waals surface area contributed by atoms with Crippen molar-refractivity contribution < 1.29 is 9.59 Å². The lowest BCUT2D eigenvalue weighted by molar-refractivity contribution is -0.122. The number of anilines is 1. The summed E-state index contributed by atoms with van der Waals surface area (Å²) >= 11 is 6.16. The molecule has 2 atom stereocenters. The number of benzene rings is 3. The minimum atomic E-state index is -0.474. The van der Waals surface area contributed by atoms with Gasteiger partial charge in [-0.05, 0) is 40.5 Å². The molecule has 0 saturated carbocycles. The average molecular weight is 411 g/mol. The van der Waals surface area contributed by atoms with Gasteiger partial charge in [-0.3, -0.25) is 9.59 Å². The third-order valence-corrected chi connectivity index (χ3v) is 7.00. The van der Waals surface area contributed by atoms with Crippen molar-refractivity contribution in [3.63, 3.8) is 0 Å². The van der Waals surface area contributed by atoms with Crippen LogP contribution in [0, 0.1) is 23.2 Å². The van der Waals surface area contributed by atoms with E-state index in [0.717, 1.165) is 22.3 Å². The van der Waals surface area contributed by atoms with Crippen molar-refractivity contribution in [2.75, 3.05) is 4.90 Å². The molecule has 7 rings (SSSR count). The van der Waals surface area contributed by atoms with Crippen molar-refractivity contribution in [1.29, 1.82) is 5.26 Å². The van der Waals surface area contributed by atoms with Crippen molar-refractivity contribution in [2.24, 2.45) is 11.8 Å². The van der Waals surface area contributed by atoms with Crippen LogP contribution in [0.15, 0.2) is 66.7 Å². The third-order valence-electron chi connectivity index (χ3n) is 6.77. The first-order valence-corrected chi connectivity index (χ1v) is 10.2. The zero-order chi connectivity index (χ0) is 20.6. The summed E-state index contributed by atoms with van der Waals surface area (Å²) in [6, 6.07) is 23.0. The number of hydrogen-bond donors (Lipinski definition) is 0. The van der Waals surface area contributed by atoms with Gasteiger partial charge in [0.25, 0.3) is 0 Å². The molecule has 4 nitrogen and oxygen atoms in total. The number of nitriles is 1. The molecule has 0 radical (unpaired) electrons. The molecule has 3 aromatic rings. The number of hydrogen-bond acceptors (Lipinski definition) is 3. The van der Waals surface area contributed by atoms with Crippen LogP contribution in [0.4, 0.5) is 5.69 Å².